The van der Waals surface area contributed by atoms with E-state index in [-0.39, 0.29) is 5.92 Å². The van der Waals surface area contributed by atoms with Crippen molar-refractivity contribution >= 4 is 0 Å². The quantitative estimate of drug-likeness (QED) is 0.487. The van der Waals surface area contributed by atoms with Crippen LogP contribution in [0, 0.1) is 17.6 Å². The predicted molar refractivity (Wildman–Crippen MR) is 87.8 cm³/mol. The molecule has 0 aromatic heterocycles. The van der Waals surface area contributed by atoms with Gasteiger partial charge in [-0.15, -0.1) is 0 Å². The van der Waals surface area contributed by atoms with E-state index in [1.807, 2.05) is 0 Å². The van der Waals surface area contributed by atoms with Gasteiger partial charge in [0.25, 0.3) is 0 Å². The van der Waals surface area contributed by atoms with Crippen LogP contribution in [0.1, 0.15) is 81.3 Å². The summed E-state index contributed by atoms with van der Waals surface area (Å²) >= 11 is 0. The molecule has 0 aliphatic heterocycles. The van der Waals surface area contributed by atoms with E-state index >= 15 is 0 Å². The van der Waals surface area contributed by atoms with Crippen LogP contribution in [0.15, 0.2) is 12.1 Å². The molecule has 2 aliphatic rings. The van der Waals surface area contributed by atoms with Crippen molar-refractivity contribution in [3.05, 3.63) is 34.9 Å². The number of benzene rings is 1. The maximum absolute atomic E-state index is 14.5. The summed E-state index contributed by atoms with van der Waals surface area (Å²) in [6, 6.07) is 2.33. The van der Waals surface area contributed by atoms with E-state index in [1.54, 1.807) is 0 Å². The van der Waals surface area contributed by atoms with Crippen LogP contribution in [-0.4, -0.2) is 11.8 Å². The Hall–Kier alpha value is -1.20. The standard InChI is InChI=1S/C20H24F6/c1-2-3-12-4-6-13(7-5-12)14-8-16(21)18(17(22)9-14)15-10-19(23,24)20(25,26)11-15/h8-9,12-13,15H,2-7,10-11H2,1H3/t12-,13-. The van der Waals surface area contributed by atoms with Crippen molar-refractivity contribution in [1.29, 1.82) is 0 Å². The lowest BCUT2D eigenvalue weighted by molar-refractivity contribution is -0.185. The van der Waals surface area contributed by atoms with Crippen molar-refractivity contribution in [2.24, 2.45) is 5.92 Å². The Morgan fingerprint density at radius 1 is 0.846 bits per heavy atom. The molecule has 0 bridgehead atoms. The zero-order valence-corrected chi connectivity index (χ0v) is 14.8. The van der Waals surface area contributed by atoms with Crippen LogP contribution in [0.5, 0.6) is 0 Å². The van der Waals surface area contributed by atoms with Gasteiger partial charge in [0.05, 0.1) is 0 Å². The lowest BCUT2D eigenvalue weighted by Gasteiger charge is -2.29. The first kappa shape index (κ1) is 19.6. The van der Waals surface area contributed by atoms with E-state index in [9.17, 15) is 26.3 Å². The Kier molecular flexibility index (Phi) is 5.33. The summed E-state index contributed by atoms with van der Waals surface area (Å²) < 4.78 is 82.6. The molecule has 2 fully saturated rings. The SMILES string of the molecule is CCC[C@H]1CC[C@H](c2cc(F)c(C3CC(F)(F)C(F)(F)C3)c(F)c2)CC1. The second kappa shape index (κ2) is 7.08. The van der Waals surface area contributed by atoms with E-state index < -0.39 is 47.8 Å². The Labute approximate surface area is 150 Å². The van der Waals surface area contributed by atoms with Crippen LogP contribution in [0.25, 0.3) is 0 Å². The summed E-state index contributed by atoms with van der Waals surface area (Å²) in [7, 11) is 0. The van der Waals surface area contributed by atoms with Crippen LogP contribution in [0.3, 0.4) is 0 Å². The summed E-state index contributed by atoms with van der Waals surface area (Å²) in [6.07, 6.45) is 3.49. The molecule has 0 saturated heterocycles. The van der Waals surface area contributed by atoms with Gasteiger partial charge in [0, 0.05) is 24.3 Å². The monoisotopic (exact) mass is 378 g/mol. The Morgan fingerprint density at radius 2 is 1.35 bits per heavy atom. The van der Waals surface area contributed by atoms with E-state index in [0.717, 1.165) is 50.7 Å². The molecule has 0 unspecified atom stereocenters. The average Bonchev–Trinajstić information content (AvgIpc) is 2.75. The number of hydrogen-bond donors (Lipinski definition) is 0. The maximum atomic E-state index is 14.5. The zero-order chi connectivity index (χ0) is 19.1. The number of rotatable bonds is 4. The summed E-state index contributed by atoms with van der Waals surface area (Å²) in [5.74, 6) is -11.2. The molecule has 0 atom stereocenters. The van der Waals surface area contributed by atoms with Gasteiger partial charge in [-0.05, 0) is 55.2 Å². The Morgan fingerprint density at radius 3 is 1.81 bits per heavy atom. The van der Waals surface area contributed by atoms with Crippen molar-refractivity contribution in [2.45, 2.75) is 82.0 Å². The van der Waals surface area contributed by atoms with Crippen LogP contribution < -0.4 is 0 Å². The van der Waals surface area contributed by atoms with E-state index in [2.05, 4.69) is 6.92 Å². The van der Waals surface area contributed by atoms with Gasteiger partial charge in [-0.1, -0.05) is 19.8 Å². The van der Waals surface area contributed by atoms with Crippen molar-refractivity contribution in [2.75, 3.05) is 0 Å². The van der Waals surface area contributed by atoms with Gasteiger partial charge >= 0.3 is 11.8 Å². The zero-order valence-electron chi connectivity index (χ0n) is 14.8. The number of alkyl halides is 4. The first-order chi connectivity index (χ1) is 12.1. The molecule has 3 rings (SSSR count). The third-order valence-corrected chi connectivity index (χ3v) is 6.07. The van der Waals surface area contributed by atoms with Crippen molar-refractivity contribution in [3.63, 3.8) is 0 Å². The largest absolute Gasteiger partial charge is 0.310 e. The van der Waals surface area contributed by atoms with Crippen LogP contribution in [0.2, 0.25) is 0 Å². The highest BCUT2D eigenvalue weighted by Crippen LogP contribution is 2.54. The minimum atomic E-state index is -4.23. The molecule has 2 saturated carbocycles. The minimum Gasteiger partial charge on any atom is -0.207 e. The van der Waals surface area contributed by atoms with E-state index in [4.69, 9.17) is 0 Å². The summed E-state index contributed by atoms with van der Waals surface area (Å²) in [5.41, 5.74) is -0.111. The molecular weight excluding hydrogens is 354 g/mol. The van der Waals surface area contributed by atoms with Crippen molar-refractivity contribution in [1.82, 2.24) is 0 Å². The molecule has 0 radical (unpaired) electrons. The maximum Gasteiger partial charge on any atom is 0.310 e. The minimum absolute atomic E-state index is 0.0348. The second-order valence-corrected chi connectivity index (χ2v) is 7.92. The molecule has 0 amide bonds. The Balaban J connectivity index is 1.78. The van der Waals surface area contributed by atoms with E-state index in [0.29, 0.717) is 11.5 Å². The molecule has 1 aromatic rings. The number of hydrogen-bond acceptors (Lipinski definition) is 0. The summed E-state index contributed by atoms with van der Waals surface area (Å²) in [6.45, 7) is 2.13. The van der Waals surface area contributed by atoms with Crippen molar-refractivity contribution in [3.8, 4) is 0 Å². The number of halogens is 6. The molecular formula is C20H24F6. The third kappa shape index (κ3) is 3.61. The molecule has 0 N–H and O–H groups in total. The van der Waals surface area contributed by atoms with Gasteiger partial charge in [0.15, 0.2) is 0 Å². The topological polar surface area (TPSA) is 0 Å². The van der Waals surface area contributed by atoms with Crippen LogP contribution in [-0.2, 0) is 0 Å². The predicted octanol–water partition coefficient (Wildman–Crippen LogP) is 7.19. The lowest BCUT2D eigenvalue weighted by Crippen LogP contribution is -2.33. The van der Waals surface area contributed by atoms with Gasteiger partial charge in [-0.3, -0.25) is 0 Å². The fraction of sp³-hybridized carbons (Fsp3) is 0.700. The normalized spacial score (nSPS) is 28.4. The van der Waals surface area contributed by atoms with E-state index in [1.165, 1.54) is 0 Å². The smallest absolute Gasteiger partial charge is 0.207 e. The first-order valence-corrected chi connectivity index (χ1v) is 9.39. The van der Waals surface area contributed by atoms with Gasteiger partial charge in [-0.25, -0.2) is 8.78 Å². The van der Waals surface area contributed by atoms with Gasteiger partial charge in [0.2, 0.25) is 0 Å². The fourth-order valence-corrected chi connectivity index (χ4v) is 4.62. The Bertz CT molecular complexity index is 607. The highest BCUT2D eigenvalue weighted by molar-refractivity contribution is 5.33. The summed E-state index contributed by atoms with van der Waals surface area (Å²) in [5, 5.41) is 0. The fourth-order valence-electron chi connectivity index (χ4n) is 4.62. The molecule has 26 heavy (non-hydrogen) atoms. The molecule has 0 heterocycles. The molecule has 0 nitrogen and oxygen atoms in total. The average molecular weight is 378 g/mol. The van der Waals surface area contributed by atoms with Crippen LogP contribution >= 0.6 is 0 Å². The summed E-state index contributed by atoms with van der Waals surface area (Å²) in [4.78, 5) is 0. The molecule has 146 valence electrons. The van der Waals surface area contributed by atoms with Gasteiger partial charge < -0.3 is 0 Å². The van der Waals surface area contributed by atoms with Crippen molar-refractivity contribution < 1.29 is 26.3 Å². The highest BCUT2D eigenvalue weighted by atomic mass is 19.3. The second-order valence-electron chi connectivity index (χ2n) is 7.92. The van der Waals surface area contributed by atoms with Gasteiger partial charge in [-0.2, -0.15) is 17.6 Å². The van der Waals surface area contributed by atoms with Gasteiger partial charge in [0.1, 0.15) is 11.6 Å². The molecule has 6 heteroatoms. The first-order valence-electron chi connectivity index (χ1n) is 9.39. The lowest BCUT2D eigenvalue weighted by atomic mass is 9.77. The third-order valence-electron chi connectivity index (χ3n) is 6.07. The molecule has 0 spiro atoms. The highest BCUT2D eigenvalue weighted by Gasteiger charge is 2.63. The molecule has 1 aromatic carbocycles. The molecule has 2 aliphatic carbocycles. The van der Waals surface area contributed by atoms with Crippen LogP contribution in [0.4, 0.5) is 26.3 Å².